The van der Waals surface area contributed by atoms with Gasteiger partial charge in [0.2, 0.25) is 0 Å². The Balaban J connectivity index is 2.78. The highest BCUT2D eigenvalue weighted by atomic mass is 16.5. The fourth-order valence-electron chi connectivity index (χ4n) is 1.46. The summed E-state index contributed by atoms with van der Waals surface area (Å²) in [7, 11) is 3.40. The quantitative estimate of drug-likeness (QED) is 0.672. The van der Waals surface area contributed by atoms with Crippen LogP contribution in [0.3, 0.4) is 0 Å². The molecule has 4 heteroatoms. The Kier molecular flexibility index (Phi) is 1.96. The largest absolute Gasteiger partial charge is 0.497 e. The first-order valence-corrected chi connectivity index (χ1v) is 4.21. The molecule has 2 rings (SSSR count). The lowest BCUT2D eigenvalue weighted by Gasteiger charge is -2.00. The average Bonchev–Trinajstić information content (AvgIpc) is 2.56. The molecule has 0 saturated carbocycles. The van der Waals surface area contributed by atoms with E-state index in [1.165, 1.54) is 0 Å². The van der Waals surface area contributed by atoms with Crippen molar-refractivity contribution in [2.45, 2.75) is 0 Å². The van der Waals surface area contributed by atoms with Gasteiger partial charge >= 0.3 is 0 Å². The first-order chi connectivity index (χ1) is 6.74. The molecular formula is C10H10N2O2. The van der Waals surface area contributed by atoms with Gasteiger partial charge in [-0.1, -0.05) is 0 Å². The highest BCUT2D eigenvalue weighted by molar-refractivity contribution is 5.96. The van der Waals surface area contributed by atoms with Gasteiger partial charge in [0, 0.05) is 24.2 Å². The van der Waals surface area contributed by atoms with E-state index in [1.807, 2.05) is 19.3 Å². The predicted octanol–water partition coefficient (Wildman–Crippen LogP) is 1.39. The fraction of sp³-hybridized carbons (Fsp3) is 0.200. The van der Waals surface area contributed by atoms with Crippen molar-refractivity contribution in [1.82, 2.24) is 9.78 Å². The van der Waals surface area contributed by atoms with E-state index in [0.29, 0.717) is 16.8 Å². The van der Waals surface area contributed by atoms with E-state index in [-0.39, 0.29) is 0 Å². The lowest BCUT2D eigenvalue weighted by molar-refractivity contribution is 0.112. The second-order valence-corrected chi connectivity index (χ2v) is 3.08. The second-order valence-electron chi connectivity index (χ2n) is 3.08. The number of nitrogens with zero attached hydrogens (tertiary/aromatic N) is 2. The maximum absolute atomic E-state index is 10.8. The zero-order chi connectivity index (χ0) is 10.1. The average molecular weight is 190 g/mol. The number of aryl methyl sites for hydroxylation is 1. The van der Waals surface area contributed by atoms with Crippen LogP contribution < -0.4 is 4.74 Å². The molecule has 0 fully saturated rings. The van der Waals surface area contributed by atoms with Crippen LogP contribution in [0.2, 0.25) is 0 Å². The predicted molar refractivity (Wildman–Crippen MR) is 52.7 cm³/mol. The molecule has 0 saturated heterocycles. The number of aromatic nitrogens is 2. The highest BCUT2D eigenvalue weighted by Crippen LogP contribution is 2.22. The molecule has 0 N–H and O–H groups in total. The second kappa shape index (κ2) is 3.14. The van der Waals surface area contributed by atoms with E-state index in [4.69, 9.17) is 4.74 Å². The number of aldehydes is 1. The van der Waals surface area contributed by atoms with Crippen LogP contribution in [0, 0.1) is 0 Å². The molecule has 0 bridgehead atoms. The van der Waals surface area contributed by atoms with E-state index < -0.39 is 0 Å². The van der Waals surface area contributed by atoms with Gasteiger partial charge in [0.05, 0.1) is 7.11 Å². The van der Waals surface area contributed by atoms with E-state index >= 15 is 0 Å². The van der Waals surface area contributed by atoms with Crippen molar-refractivity contribution in [1.29, 1.82) is 0 Å². The summed E-state index contributed by atoms with van der Waals surface area (Å²) >= 11 is 0. The Labute approximate surface area is 81.1 Å². The van der Waals surface area contributed by atoms with Crippen molar-refractivity contribution >= 4 is 17.2 Å². The van der Waals surface area contributed by atoms with Crippen molar-refractivity contribution in [3.63, 3.8) is 0 Å². The van der Waals surface area contributed by atoms with Gasteiger partial charge in [-0.3, -0.25) is 9.48 Å². The molecule has 2 aromatic rings. The standard InChI is InChI=1S/C10H10N2O2/c1-12-5-7-3-9(14-2)4-8(6-13)10(7)11-12/h3-6H,1-2H3. The Bertz CT molecular complexity index is 488. The van der Waals surface area contributed by atoms with Crippen molar-refractivity contribution in [2.24, 2.45) is 7.05 Å². The minimum atomic E-state index is 0.556. The van der Waals surface area contributed by atoms with E-state index in [1.54, 1.807) is 17.9 Å². The van der Waals surface area contributed by atoms with Crippen LogP contribution in [0.1, 0.15) is 10.4 Å². The summed E-state index contributed by atoms with van der Waals surface area (Å²) in [5.41, 5.74) is 1.27. The SMILES string of the molecule is COc1cc(C=O)c2nn(C)cc2c1. The minimum absolute atomic E-state index is 0.556. The monoisotopic (exact) mass is 190 g/mol. The van der Waals surface area contributed by atoms with E-state index in [9.17, 15) is 4.79 Å². The van der Waals surface area contributed by atoms with Crippen LogP contribution in [0.5, 0.6) is 5.75 Å². The molecule has 1 aromatic heterocycles. The van der Waals surface area contributed by atoms with Gasteiger partial charge in [0.15, 0.2) is 6.29 Å². The summed E-state index contributed by atoms with van der Waals surface area (Å²) in [5, 5.41) is 5.10. The topological polar surface area (TPSA) is 44.1 Å². The van der Waals surface area contributed by atoms with Crippen LogP contribution in [0.4, 0.5) is 0 Å². The van der Waals surface area contributed by atoms with Crippen LogP contribution in [-0.2, 0) is 7.05 Å². The third kappa shape index (κ3) is 1.25. The first kappa shape index (κ1) is 8.74. The fourth-order valence-corrected chi connectivity index (χ4v) is 1.46. The van der Waals surface area contributed by atoms with Crippen LogP contribution >= 0.6 is 0 Å². The maximum Gasteiger partial charge on any atom is 0.152 e. The molecule has 1 heterocycles. The molecule has 72 valence electrons. The van der Waals surface area contributed by atoms with Gasteiger partial charge in [0.1, 0.15) is 11.3 Å². The number of hydrogen-bond donors (Lipinski definition) is 0. The lowest BCUT2D eigenvalue weighted by Crippen LogP contribution is -1.89. The summed E-state index contributed by atoms with van der Waals surface area (Å²) in [6.07, 6.45) is 2.64. The number of benzene rings is 1. The smallest absolute Gasteiger partial charge is 0.152 e. The number of methoxy groups -OCH3 is 1. The summed E-state index contributed by atoms with van der Waals surface area (Å²) < 4.78 is 6.76. The van der Waals surface area contributed by atoms with Crippen molar-refractivity contribution in [3.05, 3.63) is 23.9 Å². The zero-order valence-electron chi connectivity index (χ0n) is 8.02. The van der Waals surface area contributed by atoms with Gasteiger partial charge in [-0.2, -0.15) is 5.10 Å². The lowest BCUT2D eigenvalue weighted by atomic mass is 10.1. The summed E-state index contributed by atoms with van der Waals surface area (Å²) in [6.45, 7) is 0. The Morgan fingerprint density at radius 1 is 1.50 bits per heavy atom. The number of ether oxygens (including phenoxy) is 1. The summed E-state index contributed by atoms with van der Waals surface area (Å²) in [6, 6.07) is 3.54. The van der Waals surface area contributed by atoms with E-state index in [0.717, 1.165) is 11.7 Å². The van der Waals surface area contributed by atoms with E-state index in [2.05, 4.69) is 5.10 Å². The van der Waals surface area contributed by atoms with Crippen LogP contribution in [0.25, 0.3) is 10.9 Å². The van der Waals surface area contributed by atoms with Crippen molar-refractivity contribution in [2.75, 3.05) is 7.11 Å². The Morgan fingerprint density at radius 3 is 2.93 bits per heavy atom. The minimum Gasteiger partial charge on any atom is -0.497 e. The van der Waals surface area contributed by atoms with Crippen molar-refractivity contribution in [3.8, 4) is 5.75 Å². The van der Waals surface area contributed by atoms with Gasteiger partial charge < -0.3 is 4.74 Å². The first-order valence-electron chi connectivity index (χ1n) is 4.21. The normalized spacial score (nSPS) is 10.4. The molecular weight excluding hydrogens is 180 g/mol. The number of carbonyl (C=O) groups excluding carboxylic acids is 1. The third-order valence-corrected chi connectivity index (χ3v) is 2.09. The summed E-state index contributed by atoms with van der Waals surface area (Å²) in [5.74, 6) is 0.674. The molecule has 0 atom stereocenters. The van der Waals surface area contributed by atoms with Gasteiger partial charge in [-0.05, 0) is 12.1 Å². The summed E-state index contributed by atoms with van der Waals surface area (Å²) in [4.78, 5) is 10.8. The number of fused-ring (bicyclic) bond motifs is 1. The van der Waals surface area contributed by atoms with Gasteiger partial charge in [-0.15, -0.1) is 0 Å². The molecule has 0 unspecified atom stereocenters. The third-order valence-electron chi connectivity index (χ3n) is 2.09. The number of hydrogen-bond acceptors (Lipinski definition) is 3. The molecule has 4 nitrogen and oxygen atoms in total. The van der Waals surface area contributed by atoms with Crippen LogP contribution in [-0.4, -0.2) is 23.2 Å². The molecule has 1 aromatic carbocycles. The molecule has 14 heavy (non-hydrogen) atoms. The Hall–Kier alpha value is -1.84. The number of carbonyl (C=O) groups is 1. The highest BCUT2D eigenvalue weighted by Gasteiger charge is 2.06. The molecule has 0 radical (unpaired) electrons. The Morgan fingerprint density at radius 2 is 2.29 bits per heavy atom. The van der Waals surface area contributed by atoms with Crippen LogP contribution in [0.15, 0.2) is 18.3 Å². The molecule has 0 spiro atoms. The molecule has 0 aliphatic rings. The van der Waals surface area contributed by atoms with Gasteiger partial charge in [0.25, 0.3) is 0 Å². The molecule has 0 aliphatic heterocycles. The zero-order valence-corrected chi connectivity index (χ0v) is 8.02. The number of rotatable bonds is 2. The van der Waals surface area contributed by atoms with Crippen molar-refractivity contribution < 1.29 is 9.53 Å². The molecule has 0 aliphatic carbocycles. The molecule has 0 amide bonds. The maximum atomic E-state index is 10.8. The van der Waals surface area contributed by atoms with Gasteiger partial charge in [-0.25, -0.2) is 0 Å².